The summed E-state index contributed by atoms with van der Waals surface area (Å²) in [5.41, 5.74) is 0.766. The van der Waals surface area contributed by atoms with Gasteiger partial charge in [0.25, 0.3) is 5.91 Å². The van der Waals surface area contributed by atoms with E-state index in [0.717, 1.165) is 10.6 Å². The van der Waals surface area contributed by atoms with Crippen molar-refractivity contribution in [2.24, 2.45) is 0 Å². The molecule has 0 unspecified atom stereocenters. The molecule has 0 bridgehead atoms. The Bertz CT molecular complexity index is 523. The molecule has 4 nitrogen and oxygen atoms in total. The predicted octanol–water partition coefficient (Wildman–Crippen LogP) is 2.57. The second kappa shape index (κ2) is 5.27. The van der Waals surface area contributed by atoms with E-state index in [0.29, 0.717) is 4.91 Å². The van der Waals surface area contributed by atoms with Gasteiger partial charge in [-0.05, 0) is 26.0 Å². The largest absolute Gasteiger partial charge is 0.460 e. The summed E-state index contributed by atoms with van der Waals surface area (Å²) in [7, 11) is 0. The Kier molecular flexibility index (Phi) is 3.72. The molecular formula is C13H13NO3S. The van der Waals surface area contributed by atoms with Crippen LogP contribution >= 0.6 is 11.8 Å². The number of carbonyl (C=O) groups excluding carboxylic acids is 2. The maximum atomic E-state index is 11.8. The van der Waals surface area contributed by atoms with Crippen molar-refractivity contribution in [3.63, 3.8) is 0 Å². The lowest BCUT2D eigenvalue weighted by atomic mass is 10.3. The van der Waals surface area contributed by atoms with E-state index in [1.54, 1.807) is 13.8 Å². The van der Waals surface area contributed by atoms with E-state index in [9.17, 15) is 9.59 Å². The summed E-state index contributed by atoms with van der Waals surface area (Å²) < 4.78 is 4.98. The van der Waals surface area contributed by atoms with E-state index in [1.807, 2.05) is 24.3 Å². The topological polar surface area (TPSA) is 55.4 Å². The van der Waals surface area contributed by atoms with Crippen LogP contribution in [0, 0.1) is 0 Å². The van der Waals surface area contributed by atoms with Gasteiger partial charge in [0.15, 0.2) is 0 Å². The number of hydrogen-bond acceptors (Lipinski definition) is 4. The van der Waals surface area contributed by atoms with Crippen molar-refractivity contribution in [2.75, 3.05) is 5.32 Å². The minimum absolute atomic E-state index is 0.196. The monoisotopic (exact) mass is 263 g/mol. The zero-order valence-electron chi connectivity index (χ0n) is 10.1. The molecule has 0 saturated carbocycles. The quantitative estimate of drug-likeness (QED) is 0.658. The molecule has 0 atom stereocenters. The number of fused-ring (bicyclic) bond motifs is 1. The fourth-order valence-electron chi connectivity index (χ4n) is 1.48. The van der Waals surface area contributed by atoms with E-state index in [2.05, 4.69) is 5.32 Å². The molecule has 0 aliphatic carbocycles. The lowest BCUT2D eigenvalue weighted by Crippen LogP contribution is -2.19. The number of amides is 1. The van der Waals surface area contributed by atoms with Gasteiger partial charge in [0.05, 0.1) is 16.7 Å². The molecule has 1 amide bonds. The number of nitrogens with one attached hydrogen (secondary N) is 1. The zero-order chi connectivity index (χ0) is 13.1. The van der Waals surface area contributed by atoms with Crippen molar-refractivity contribution in [1.29, 1.82) is 0 Å². The van der Waals surface area contributed by atoms with Crippen LogP contribution in [0.15, 0.2) is 40.1 Å². The number of esters is 1. The number of anilines is 1. The Morgan fingerprint density at radius 1 is 1.39 bits per heavy atom. The molecule has 1 aliphatic heterocycles. The highest BCUT2D eigenvalue weighted by Gasteiger charge is 2.21. The molecule has 18 heavy (non-hydrogen) atoms. The molecule has 1 heterocycles. The Hall–Kier alpha value is -1.75. The van der Waals surface area contributed by atoms with Crippen LogP contribution < -0.4 is 5.32 Å². The Balaban J connectivity index is 2.19. The van der Waals surface area contributed by atoms with Crippen LogP contribution in [0.3, 0.4) is 0 Å². The third-order valence-electron chi connectivity index (χ3n) is 2.18. The number of rotatable bonds is 2. The minimum atomic E-state index is -0.498. The first-order valence-corrected chi connectivity index (χ1v) is 6.38. The summed E-state index contributed by atoms with van der Waals surface area (Å²) in [6.45, 7) is 3.53. The predicted molar refractivity (Wildman–Crippen MR) is 70.2 cm³/mol. The highest BCUT2D eigenvalue weighted by atomic mass is 32.2. The highest BCUT2D eigenvalue weighted by Crippen LogP contribution is 2.37. The van der Waals surface area contributed by atoms with Crippen LogP contribution in [0.2, 0.25) is 0 Å². The average molecular weight is 263 g/mol. The normalized spacial score (nSPS) is 16.4. The molecule has 0 spiro atoms. The smallest absolute Gasteiger partial charge is 0.332 e. The van der Waals surface area contributed by atoms with Crippen LogP contribution in [0.1, 0.15) is 13.8 Å². The van der Waals surface area contributed by atoms with E-state index >= 15 is 0 Å². The molecule has 2 rings (SSSR count). The van der Waals surface area contributed by atoms with Crippen molar-refractivity contribution in [2.45, 2.75) is 24.8 Å². The maximum Gasteiger partial charge on any atom is 0.332 e. The Morgan fingerprint density at radius 2 is 2.11 bits per heavy atom. The molecule has 5 heteroatoms. The van der Waals surface area contributed by atoms with E-state index in [4.69, 9.17) is 4.74 Å². The zero-order valence-corrected chi connectivity index (χ0v) is 10.9. The first-order chi connectivity index (χ1) is 8.56. The summed E-state index contributed by atoms with van der Waals surface area (Å²) in [6, 6.07) is 7.44. The second-order valence-corrected chi connectivity index (χ2v) is 5.13. The van der Waals surface area contributed by atoms with E-state index in [1.165, 1.54) is 17.8 Å². The van der Waals surface area contributed by atoms with Crippen LogP contribution in [0.25, 0.3) is 0 Å². The van der Waals surface area contributed by atoms with Crippen molar-refractivity contribution < 1.29 is 14.3 Å². The van der Waals surface area contributed by atoms with Gasteiger partial charge in [0, 0.05) is 11.0 Å². The fourth-order valence-corrected chi connectivity index (χ4v) is 2.39. The summed E-state index contributed by atoms with van der Waals surface area (Å²) >= 11 is 1.27. The van der Waals surface area contributed by atoms with Crippen LogP contribution in [0.5, 0.6) is 0 Å². The van der Waals surface area contributed by atoms with Gasteiger partial charge in [-0.1, -0.05) is 23.9 Å². The number of thioether (sulfide) groups is 1. The maximum absolute atomic E-state index is 11.8. The molecule has 0 radical (unpaired) electrons. The average Bonchev–Trinajstić information content (AvgIpc) is 2.29. The molecule has 94 valence electrons. The van der Waals surface area contributed by atoms with Gasteiger partial charge >= 0.3 is 5.97 Å². The fraction of sp³-hybridized carbons (Fsp3) is 0.231. The molecule has 1 N–H and O–H groups in total. The molecule has 0 saturated heterocycles. The van der Waals surface area contributed by atoms with Crippen LogP contribution in [-0.2, 0) is 14.3 Å². The molecule has 1 aromatic rings. The summed E-state index contributed by atoms with van der Waals surface area (Å²) in [5.74, 6) is -0.776. The SMILES string of the molecule is CC(C)OC(=O)/C=C1/Sc2ccccc2NC1=O. The Morgan fingerprint density at radius 3 is 2.83 bits per heavy atom. The summed E-state index contributed by atoms with van der Waals surface area (Å²) in [6.07, 6.45) is 1.04. The minimum Gasteiger partial charge on any atom is -0.460 e. The van der Waals surface area contributed by atoms with Gasteiger partial charge in [-0.3, -0.25) is 4.79 Å². The van der Waals surface area contributed by atoms with Gasteiger partial charge in [0.1, 0.15) is 0 Å². The van der Waals surface area contributed by atoms with Crippen LogP contribution in [0.4, 0.5) is 5.69 Å². The van der Waals surface area contributed by atoms with Gasteiger partial charge in [-0.2, -0.15) is 0 Å². The third kappa shape index (κ3) is 2.92. The number of benzene rings is 1. The van der Waals surface area contributed by atoms with Gasteiger partial charge in [-0.25, -0.2) is 4.79 Å². The van der Waals surface area contributed by atoms with Crippen molar-refractivity contribution in [1.82, 2.24) is 0 Å². The number of carbonyl (C=O) groups is 2. The Labute approximate surface area is 109 Å². The molecule has 1 aromatic carbocycles. The van der Waals surface area contributed by atoms with Gasteiger partial charge in [0.2, 0.25) is 0 Å². The van der Waals surface area contributed by atoms with E-state index < -0.39 is 5.97 Å². The standard InChI is InChI=1S/C13H13NO3S/c1-8(2)17-12(15)7-11-13(16)14-9-5-3-4-6-10(9)18-11/h3-8H,1-2H3,(H,14,16)/b11-7+. The summed E-state index contributed by atoms with van der Waals surface area (Å²) in [4.78, 5) is 24.5. The number of ether oxygens (including phenoxy) is 1. The lowest BCUT2D eigenvalue weighted by Gasteiger charge is -2.18. The third-order valence-corrected chi connectivity index (χ3v) is 3.28. The molecule has 0 fully saturated rings. The number of hydrogen-bond donors (Lipinski definition) is 1. The molecular weight excluding hydrogens is 250 g/mol. The second-order valence-electron chi connectivity index (χ2n) is 4.05. The first-order valence-electron chi connectivity index (χ1n) is 5.57. The number of para-hydroxylation sites is 1. The van der Waals surface area contributed by atoms with E-state index in [-0.39, 0.29) is 12.0 Å². The molecule has 1 aliphatic rings. The summed E-state index contributed by atoms with van der Waals surface area (Å²) in [5, 5.41) is 2.73. The first kappa shape index (κ1) is 12.7. The van der Waals surface area contributed by atoms with Crippen LogP contribution in [-0.4, -0.2) is 18.0 Å². The van der Waals surface area contributed by atoms with Crippen molar-refractivity contribution in [3.05, 3.63) is 35.2 Å². The van der Waals surface area contributed by atoms with Crippen molar-refractivity contribution in [3.8, 4) is 0 Å². The molecule has 0 aromatic heterocycles. The highest BCUT2D eigenvalue weighted by molar-refractivity contribution is 8.04. The lowest BCUT2D eigenvalue weighted by molar-refractivity contribution is -0.141. The van der Waals surface area contributed by atoms with Gasteiger partial charge in [-0.15, -0.1) is 0 Å². The van der Waals surface area contributed by atoms with Crippen molar-refractivity contribution >= 4 is 29.3 Å². The van der Waals surface area contributed by atoms with Gasteiger partial charge < -0.3 is 10.1 Å².